The Hall–Kier alpha value is -5.36. The Morgan fingerprint density at radius 2 is 1.53 bits per heavy atom. The summed E-state index contributed by atoms with van der Waals surface area (Å²) >= 11 is 0. The number of nitrogens with two attached hydrogens (primary N) is 1. The van der Waals surface area contributed by atoms with Gasteiger partial charge in [0.1, 0.15) is 11.9 Å². The minimum absolute atomic E-state index is 0.0105. The molecule has 0 aromatic heterocycles. The van der Waals surface area contributed by atoms with E-state index >= 15 is 0 Å². The zero-order valence-electron chi connectivity index (χ0n) is 23.5. The number of amidine groups is 1. The lowest BCUT2D eigenvalue weighted by molar-refractivity contribution is -0.132. The molecule has 4 aromatic carbocycles. The van der Waals surface area contributed by atoms with Gasteiger partial charge in [-0.15, -0.1) is 0 Å². The summed E-state index contributed by atoms with van der Waals surface area (Å²) in [5.41, 5.74) is 7.59. The fourth-order valence-electron chi connectivity index (χ4n) is 4.18. The van der Waals surface area contributed by atoms with Crippen molar-refractivity contribution in [2.45, 2.75) is 24.4 Å². The third-order valence-electron chi connectivity index (χ3n) is 6.28. The molecule has 0 radical (unpaired) electrons. The van der Waals surface area contributed by atoms with Gasteiger partial charge >= 0.3 is 5.97 Å². The van der Waals surface area contributed by atoms with Gasteiger partial charge in [0, 0.05) is 36.3 Å². The average molecular weight is 602 g/mol. The van der Waals surface area contributed by atoms with Crippen molar-refractivity contribution in [2.75, 3.05) is 17.1 Å². The van der Waals surface area contributed by atoms with E-state index in [9.17, 15) is 18.0 Å². The molecular weight excluding hydrogens is 570 g/mol. The van der Waals surface area contributed by atoms with Gasteiger partial charge in [-0.3, -0.25) is 19.7 Å². The van der Waals surface area contributed by atoms with Crippen molar-refractivity contribution in [1.82, 2.24) is 5.32 Å². The Morgan fingerprint density at radius 3 is 2.12 bits per heavy atom. The van der Waals surface area contributed by atoms with E-state index in [1.807, 2.05) is 30.3 Å². The van der Waals surface area contributed by atoms with Crippen LogP contribution in [0.2, 0.25) is 0 Å². The Kier molecular flexibility index (Phi) is 9.63. The molecule has 0 saturated heterocycles. The van der Waals surface area contributed by atoms with Gasteiger partial charge in [-0.05, 0) is 48.0 Å². The average Bonchev–Trinajstić information content (AvgIpc) is 3.00. The van der Waals surface area contributed by atoms with Gasteiger partial charge in [0.05, 0.1) is 17.7 Å². The smallest absolute Gasteiger partial charge is 0.308 e. The van der Waals surface area contributed by atoms with Gasteiger partial charge in [0.2, 0.25) is 5.91 Å². The summed E-state index contributed by atoms with van der Waals surface area (Å²) in [6.07, 6.45) is 0. The zero-order valence-corrected chi connectivity index (χ0v) is 24.3. The van der Waals surface area contributed by atoms with Crippen LogP contribution in [0.1, 0.15) is 29.7 Å². The van der Waals surface area contributed by atoms with Gasteiger partial charge in [-0.25, -0.2) is 8.42 Å². The fraction of sp³-hybridized carbons (Fsp3) is 0.129. The van der Waals surface area contributed by atoms with Crippen molar-refractivity contribution >= 4 is 39.1 Å². The zero-order chi connectivity index (χ0) is 31.0. The molecule has 43 heavy (non-hydrogen) atoms. The van der Waals surface area contributed by atoms with E-state index in [2.05, 4.69) is 15.4 Å². The van der Waals surface area contributed by atoms with Crippen LogP contribution in [0.3, 0.4) is 0 Å². The van der Waals surface area contributed by atoms with Crippen molar-refractivity contribution < 1.29 is 27.5 Å². The van der Waals surface area contributed by atoms with Gasteiger partial charge in [-0.1, -0.05) is 48.5 Å². The maximum Gasteiger partial charge on any atom is 0.308 e. The standard InChI is InChI=1S/C31H31N5O6S/c1-20(37)42-28-18-26(36-43(39,40)24-11-7-4-8-12-24)25(17-27(28)41-2)29(31(38)34-19-21-9-5-3-6-10-21)35-23-15-13-22(14-16-23)30(32)33/h3-18,29,35-36H,19H2,1-2H3,(H3,32,33)(H,34,38). The second-order valence-electron chi connectivity index (χ2n) is 9.37. The van der Waals surface area contributed by atoms with Crippen LogP contribution in [0, 0.1) is 5.41 Å². The van der Waals surface area contributed by atoms with E-state index in [-0.39, 0.29) is 40.0 Å². The number of nitrogens with one attached hydrogen (secondary N) is 4. The van der Waals surface area contributed by atoms with Crippen LogP contribution < -0.4 is 30.6 Å². The molecule has 12 heteroatoms. The van der Waals surface area contributed by atoms with Gasteiger partial charge in [0.15, 0.2) is 11.5 Å². The number of methoxy groups -OCH3 is 1. The summed E-state index contributed by atoms with van der Waals surface area (Å²) in [6, 6.07) is 25.1. The van der Waals surface area contributed by atoms with Crippen LogP contribution in [-0.4, -0.2) is 33.2 Å². The Labute approximate surface area is 249 Å². The number of sulfonamides is 1. The Bertz CT molecular complexity index is 1710. The Balaban J connectivity index is 1.82. The lowest BCUT2D eigenvalue weighted by Gasteiger charge is -2.24. The van der Waals surface area contributed by atoms with Crippen LogP contribution in [0.4, 0.5) is 11.4 Å². The molecule has 0 bridgehead atoms. The molecule has 222 valence electrons. The topological polar surface area (TPSA) is 173 Å². The molecule has 0 aliphatic heterocycles. The van der Waals surface area contributed by atoms with E-state index in [0.717, 1.165) is 5.56 Å². The third kappa shape index (κ3) is 7.89. The summed E-state index contributed by atoms with van der Waals surface area (Å²) in [7, 11) is -2.77. The van der Waals surface area contributed by atoms with Crippen molar-refractivity contribution in [3.63, 3.8) is 0 Å². The minimum atomic E-state index is -4.13. The largest absolute Gasteiger partial charge is 0.493 e. The van der Waals surface area contributed by atoms with E-state index in [1.54, 1.807) is 42.5 Å². The molecule has 0 heterocycles. The molecule has 6 N–H and O–H groups in total. The fourth-order valence-corrected chi connectivity index (χ4v) is 5.28. The number of hydrogen-bond donors (Lipinski definition) is 5. The van der Waals surface area contributed by atoms with Gasteiger partial charge in [-0.2, -0.15) is 0 Å². The summed E-state index contributed by atoms with van der Waals surface area (Å²) in [4.78, 5) is 25.7. The monoisotopic (exact) mass is 601 g/mol. The molecule has 1 atom stereocenters. The van der Waals surface area contributed by atoms with Crippen LogP contribution in [0.25, 0.3) is 0 Å². The highest BCUT2D eigenvalue weighted by atomic mass is 32.2. The maximum absolute atomic E-state index is 13.8. The van der Waals surface area contributed by atoms with E-state index < -0.39 is 27.9 Å². The number of hydrogen-bond acceptors (Lipinski definition) is 8. The molecule has 1 unspecified atom stereocenters. The number of esters is 1. The molecule has 1 amide bonds. The Morgan fingerprint density at radius 1 is 0.907 bits per heavy atom. The number of carbonyl (C=O) groups excluding carboxylic acids is 2. The summed E-state index contributed by atoms with van der Waals surface area (Å²) < 4.78 is 40.1. The van der Waals surface area contributed by atoms with Crippen LogP contribution in [-0.2, 0) is 26.2 Å². The van der Waals surface area contributed by atoms with Crippen molar-refractivity contribution in [3.8, 4) is 11.5 Å². The van der Waals surface area contributed by atoms with E-state index in [1.165, 1.54) is 38.3 Å². The number of nitrogen functional groups attached to an aromatic ring is 1. The van der Waals surface area contributed by atoms with Gasteiger partial charge in [0.25, 0.3) is 10.0 Å². The highest BCUT2D eigenvalue weighted by Gasteiger charge is 2.28. The van der Waals surface area contributed by atoms with Crippen molar-refractivity contribution in [2.24, 2.45) is 5.73 Å². The summed E-state index contributed by atoms with van der Waals surface area (Å²) in [5.74, 6) is -1.20. The predicted molar refractivity (Wildman–Crippen MR) is 164 cm³/mol. The molecule has 11 nitrogen and oxygen atoms in total. The van der Waals surface area contributed by atoms with Crippen LogP contribution in [0.15, 0.2) is 102 Å². The first-order valence-electron chi connectivity index (χ1n) is 13.1. The molecule has 0 saturated carbocycles. The third-order valence-corrected chi connectivity index (χ3v) is 7.66. The van der Waals surface area contributed by atoms with Crippen molar-refractivity contribution in [1.29, 1.82) is 5.41 Å². The minimum Gasteiger partial charge on any atom is -0.493 e. The highest BCUT2D eigenvalue weighted by Crippen LogP contribution is 2.39. The number of carbonyl (C=O) groups is 2. The molecule has 0 fully saturated rings. The number of benzene rings is 4. The van der Waals surface area contributed by atoms with E-state index in [4.69, 9.17) is 20.6 Å². The molecular formula is C31H31N5O6S. The van der Waals surface area contributed by atoms with Gasteiger partial charge < -0.3 is 25.8 Å². The quantitative estimate of drug-likeness (QED) is 0.0696. The SMILES string of the molecule is COc1cc(C(Nc2ccc(C(=N)N)cc2)C(=O)NCc2ccccc2)c(NS(=O)(=O)c2ccccc2)cc1OC(C)=O. The number of rotatable bonds is 12. The first-order valence-corrected chi connectivity index (χ1v) is 14.6. The summed E-state index contributed by atoms with van der Waals surface area (Å²) in [6.45, 7) is 1.40. The first-order chi connectivity index (χ1) is 20.6. The maximum atomic E-state index is 13.8. The number of amides is 1. The lowest BCUT2D eigenvalue weighted by atomic mass is 10.0. The second kappa shape index (κ2) is 13.5. The molecule has 0 aliphatic rings. The molecule has 0 aliphatic carbocycles. The normalized spacial score (nSPS) is 11.6. The first kappa shape index (κ1) is 30.6. The van der Waals surface area contributed by atoms with Crippen molar-refractivity contribution in [3.05, 3.63) is 114 Å². The predicted octanol–water partition coefficient (Wildman–Crippen LogP) is 4.17. The summed E-state index contributed by atoms with van der Waals surface area (Å²) in [5, 5.41) is 13.7. The number of ether oxygens (including phenoxy) is 2. The lowest BCUT2D eigenvalue weighted by Crippen LogP contribution is -2.34. The molecule has 4 rings (SSSR count). The number of anilines is 2. The molecule has 4 aromatic rings. The highest BCUT2D eigenvalue weighted by molar-refractivity contribution is 7.92. The van der Waals surface area contributed by atoms with Crippen LogP contribution in [0.5, 0.6) is 11.5 Å². The molecule has 0 spiro atoms. The van der Waals surface area contributed by atoms with E-state index in [0.29, 0.717) is 11.3 Å². The van der Waals surface area contributed by atoms with Crippen LogP contribution >= 0.6 is 0 Å². The second-order valence-corrected chi connectivity index (χ2v) is 11.1.